The second kappa shape index (κ2) is 14.1. The number of benzene rings is 2. The van der Waals surface area contributed by atoms with Gasteiger partial charge < -0.3 is 9.47 Å². The summed E-state index contributed by atoms with van der Waals surface area (Å²) in [7, 11) is 0. The van der Waals surface area contributed by atoms with Gasteiger partial charge in [0.15, 0.2) is 0 Å². The van der Waals surface area contributed by atoms with Gasteiger partial charge in [0.05, 0.1) is 13.2 Å². The molecule has 182 valence electrons. The second-order valence-electron chi connectivity index (χ2n) is 7.21. The fourth-order valence-corrected chi connectivity index (χ4v) is 2.78. The molecule has 0 saturated heterocycles. The Morgan fingerprint density at radius 2 is 1.09 bits per heavy atom. The van der Waals surface area contributed by atoms with Gasteiger partial charge in [0.2, 0.25) is 0 Å². The van der Waals surface area contributed by atoms with Crippen LogP contribution in [-0.2, 0) is 9.59 Å². The third-order valence-electron chi connectivity index (χ3n) is 4.60. The summed E-state index contributed by atoms with van der Waals surface area (Å²) in [6.45, 7) is 5.07. The molecule has 0 heterocycles. The number of carbonyl (C=O) groups excluding carboxylic acids is 4. The molecule has 0 aliphatic rings. The van der Waals surface area contributed by atoms with Crippen LogP contribution in [0.25, 0.3) is 0 Å². The van der Waals surface area contributed by atoms with Crippen LogP contribution in [-0.4, -0.2) is 36.8 Å². The summed E-state index contributed by atoms with van der Waals surface area (Å²) in [5.41, 5.74) is 8.73. The van der Waals surface area contributed by atoms with Crippen LogP contribution in [0.3, 0.4) is 0 Å². The summed E-state index contributed by atoms with van der Waals surface area (Å²) in [5, 5.41) is 0. The van der Waals surface area contributed by atoms with Crippen molar-refractivity contribution in [2.45, 2.75) is 39.5 Å². The van der Waals surface area contributed by atoms with E-state index in [-0.39, 0.29) is 11.1 Å². The van der Waals surface area contributed by atoms with E-state index in [0.717, 1.165) is 19.3 Å². The van der Waals surface area contributed by atoms with Crippen molar-refractivity contribution < 1.29 is 28.7 Å². The molecule has 0 atom stereocenters. The van der Waals surface area contributed by atoms with Gasteiger partial charge in [-0.1, -0.05) is 26.2 Å². The Morgan fingerprint density at radius 3 is 1.53 bits per heavy atom. The van der Waals surface area contributed by atoms with E-state index in [1.54, 1.807) is 36.4 Å². The van der Waals surface area contributed by atoms with Gasteiger partial charge in [-0.3, -0.25) is 40.9 Å². The molecule has 4 N–H and O–H groups in total. The SMILES string of the molecule is CCCCCCOc1ccc(C(=O)NNC(=O)C(=O)NNC(=O)c2ccc(OCC)cc2)cc1. The van der Waals surface area contributed by atoms with Gasteiger partial charge >= 0.3 is 11.8 Å². The molecule has 34 heavy (non-hydrogen) atoms. The Kier molecular flexibility index (Phi) is 10.9. The highest BCUT2D eigenvalue weighted by Crippen LogP contribution is 2.13. The lowest BCUT2D eigenvalue weighted by molar-refractivity contribution is -0.140. The summed E-state index contributed by atoms with van der Waals surface area (Å²) < 4.78 is 10.9. The number of hydrogen-bond donors (Lipinski definition) is 4. The molecule has 2 aromatic rings. The van der Waals surface area contributed by atoms with Crippen LogP contribution < -0.4 is 31.2 Å². The third-order valence-corrected chi connectivity index (χ3v) is 4.60. The van der Waals surface area contributed by atoms with Crippen LogP contribution in [0.4, 0.5) is 0 Å². The smallest absolute Gasteiger partial charge is 0.329 e. The van der Waals surface area contributed by atoms with Gasteiger partial charge in [0.25, 0.3) is 11.8 Å². The first-order valence-corrected chi connectivity index (χ1v) is 11.1. The highest BCUT2D eigenvalue weighted by atomic mass is 16.5. The van der Waals surface area contributed by atoms with Crippen LogP contribution >= 0.6 is 0 Å². The number of unbranched alkanes of at least 4 members (excludes halogenated alkanes) is 3. The molecule has 10 heteroatoms. The number of nitrogens with one attached hydrogen (secondary N) is 4. The van der Waals surface area contributed by atoms with Gasteiger partial charge in [-0.25, -0.2) is 0 Å². The van der Waals surface area contributed by atoms with E-state index >= 15 is 0 Å². The van der Waals surface area contributed by atoms with E-state index in [2.05, 4.69) is 17.8 Å². The van der Waals surface area contributed by atoms with Crippen LogP contribution in [0, 0.1) is 0 Å². The topological polar surface area (TPSA) is 135 Å². The predicted molar refractivity (Wildman–Crippen MR) is 125 cm³/mol. The Hall–Kier alpha value is -4.08. The summed E-state index contributed by atoms with van der Waals surface area (Å²) in [4.78, 5) is 47.9. The monoisotopic (exact) mass is 470 g/mol. The molecule has 2 rings (SSSR count). The van der Waals surface area contributed by atoms with Crippen molar-refractivity contribution in [3.05, 3.63) is 59.7 Å². The molecule has 0 saturated carbocycles. The molecule has 0 aromatic heterocycles. The summed E-state index contributed by atoms with van der Waals surface area (Å²) in [6, 6.07) is 12.6. The van der Waals surface area contributed by atoms with Crippen molar-refractivity contribution >= 4 is 23.6 Å². The standard InChI is InChI=1S/C24H30N4O6/c1-3-5-6-7-16-34-20-14-10-18(11-15-20)22(30)26-28-24(32)23(31)27-25-21(29)17-8-12-19(13-9-17)33-4-2/h8-15H,3-7,16H2,1-2H3,(H,25,29)(H,26,30)(H,27,31)(H,28,32). The van der Waals surface area contributed by atoms with Crippen LogP contribution in [0.5, 0.6) is 11.5 Å². The Balaban J connectivity index is 1.72. The van der Waals surface area contributed by atoms with Gasteiger partial charge in [-0.05, 0) is 61.9 Å². The van der Waals surface area contributed by atoms with Gasteiger partial charge in [0, 0.05) is 11.1 Å². The van der Waals surface area contributed by atoms with Gasteiger partial charge in [-0.15, -0.1) is 0 Å². The average Bonchev–Trinajstić information content (AvgIpc) is 2.86. The number of rotatable bonds is 10. The van der Waals surface area contributed by atoms with Crippen LogP contribution in [0.15, 0.2) is 48.5 Å². The van der Waals surface area contributed by atoms with Gasteiger partial charge in [0.1, 0.15) is 11.5 Å². The number of hydrazine groups is 2. The summed E-state index contributed by atoms with van der Waals surface area (Å²) >= 11 is 0. The van der Waals surface area contributed by atoms with Crippen molar-refractivity contribution in [3.63, 3.8) is 0 Å². The van der Waals surface area contributed by atoms with E-state index in [1.807, 2.05) is 17.8 Å². The van der Waals surface area contributed by atoms with E-state index in [9.17, 15) is 19.2 Å². The minimum Gasteiger partial charge on any atom is -0.494 e. The van der Waals surface area contributed by atoms with Gasteiger partial charge in [-0.2, -0.15) is 0 Å². The molecule has 4 amide bonds. The molecule has 0 fully saturated rings. The predicted octanol–water partition coefficient (Wildman–Crippen LogP) is 2.27. The van der Waals surface area contributed by atoms with Crippen molar-refractivity contribution in [2.75, 3.05) is 13.2 Å². The second-order valence-corrected chi connectivity index (χ2v) is 7.21. The normalized spacial score (nSPS) is 10.1. The molecular formula is C24H30N4O6. The molecule has 2 aromatic carbocycles. The lowest BCUT2D eigenvalue weighted by atomic mass is 10.2. The summed E-state index contributed by atoms with van der Waals surface area (Å²) in [5.74, 6) is -2.32. The van der Waals surface area contributed by atoms with E-state index < -0.39 is 23.6 Å². The first kappa shape index (κ1) is 26.2. The number of ether oxygens (including phenoxy) is 2. The quantitative estimate of drug-likeness (QED) is 0.239. The van der Waals surface area contributed by atoms with Crippen LogP contribution in [0.1, 0.15) is 60.2 Å². The molecular weight excluding hydrogens is 440 g/mol. The first-order valence-electron chi connectivity index (χ1n) is 11.1. The average molecular weight is 471 g/mol. The lowest BCUT2D eigenvalue weighted by Gasteiger charge is -2.10. The largest absolute Gasteiger partial charge is 0.494 e. The Morgan fingerprint density at radius 1 is 0.618 bits per heavy atom. The minimum atomic E-state index is -1.16. The zero-order valence-corrected chi connectivity index (χ0v) is 19.3. The fraction of sp³-hybridized carbons (Fsp3) is 0.333. The maximum absolute atomic E-state index is 12.2. The van der Waals surface area contributed by atoms with E-state index in [4.69, 9.17) is 9.47 Å². The maximum Gasteiger partial charge on any atom is 0.329 e. The molecule has 0 aliphatic carbocycles. The highest BCUT2D eigenvalue weighted by molar-refractivity contribution is 6.35. The molecule has 10 nitrogen and oxygen atoms in total. The molecule has 0 aliphatic heterocycles. The van der Waals surface area contributed by atoms with Crippen molar-refractivity contribution in [1.82, 2.24) is 21.7 Å². The number of carbonyl (C=O) groups is 4. The molecule has 0 bridgehead atoms. The lowest BCUT2D eigenvalue weighted by Crippen LogP contribution is -2.52. The van der Waals surface area contributed by atoms with E-state index in [1.165, 1.54) is 18.6 Å². The zero-order chi connectivity index (χ0) is 24.8. The molecule has 0 unspecified atom stereocenters. The molecule has 0 radical (unpaired) electrons. The van der Waals surface area contributed by atoms with E-state index in [0.29, 0.717) is 24.7 Å². The summed E-state index contributed by atoms with van der Waals surface area (Å²) in [6.07, 6.45) is 4.39. The van der Waals surface area contributed by atoms with Crippen molar-refractivity contribution in [3.8, 4) is 11.5 Å². The molecule has 0 spiro atoms. The highest BCUT2D eigenvalue weighted by Gasteiger charge is 2.16. The fourth-order valence-electron chi connectivity index (χ4n) is 2.78. The third kappa shape index (κ3) is 8.81. The maximum atomic E-state index is 12.2. The Labute approximate surface area is 198 Å². The zero-order valence-electron chi connectivity index (χ0n) is 19.3. The minimum absolute atomic E-state index is 0.255. The number of hydrogen-bond acceptors (Lipinski definition) is 6. The first-order chi connectivity index (χ1) is 16.4. The Bertz CT molecular complexity index is 960. The van der Waals surface area contributed by atoms with Crippen molar-refractivity contribution in [1.29, 1.82) is 0 Å². The van der Waals surface area contributed by atoms with Crippen molar-refractivity contribution in [2.24, 2.45) is 0 Å². The van der Waals surface area contributed by atoms with Crippen LogP contribution in [0.2, 0.25) is 0 Å². The number of amides is 4.